The van der Waals surface area contributed by atoms with Gasteiger partial charge in [0.2, 0.25) is 0 Å². The van der Waals surface area contributed by atoms with Gasteiger partial charge in [0.15, 0.2) is 0 Å². The molecule has 17 heavy (non-hydrogen) atoms. The first kappa shape index (κ1) is 11.9. The molecular weight excluding hydrogens is 218 g/mol. The van der Waals surface area contributed by atoms with Crippen LogP contribution >= 0.6 is 0 Å². The van der Waals surface area contributed by atoms with Crippen LogP contribution < -0.4 is 10.1 Å². The minimum Gasteiger partial charge on any atom is -0.497 e. The predicted octanol–water partition coefficient (Wildman–Crippen LogP) is 1.31. The van der Waals surface area contributed by atoms with Crippen LogP contribution in [0, 0.1) is 0 Å². The molecule has 92 valence electrons. The first-order chi connectivity index (χ1) is 8.33. The largest absolute Gasteiger partial charge is 0.497 e. The smallest absolute Gasteiger partial charge is 0.121 e. The summed E-state index contributed by atoms with van der Waals surface area (Å²) < 4.78 is 10.1. The lowest BCUT2D eigenvalue weighted by atomic mass is 10.3. The van der Waals surface area contributed by atoms with Crippen LogP contribution in [0.5, 0.6) is 5.75 Å². The second kappa shape index (κ2) is 5.65. The summed E-state index contributed by atoms with van der Waals surface area (Å²) in [5, 5.41) is 3.24. The highest BCUT2D eigenvalue weighted by Crippen LogP contribution is 2.18. The monoisotopic (exact) mass is 235 g/mol. The molecule has 0 aliphatic heterocycles. The fourth-order valence-corrected chi connectivity index (χ4v) is 1.63. The molecule has 0 radical (unpaired) electrons. The zero-order chi connectivity index (χ0) is 12.1. The van der Waals surface area contributed by atoms with Gasteiger partial charge in [0.05, 0.1) is 31.3 Å². The zero-order valence-corrected chi connectivity index (χ0v) is 10.1. The van der Waals surface area contributed by atoms with Gasteiger partial charge in [-0.15, -0.1) is 0 Å². The van der Waals surface area contributed by atoms with Crippen molar-refractivity contribution in [1.82, 2.24) is 15.3 Å². The maximum Gasteiger partial charge on any atom is 0.121 e. The molecule has 0 fully saturated rings. The Bertz CT molecular complexity index is 482. The SMILES string of the molecule is COCCNCc1nc2ccc(OC)cc2[nH]1. The standard InChI is InChI=1S/C12H17N3O2/c1-16-6-5-13-8-12-14-10-4-3-9(17-2)7-11(10)15-12/h3-4,7,13H,5-6,8H2,1-2H3,(H,14,15). The predicted molar refractivity (Wildman–Crippen MR) is 66.2 cm³/mol. The van der Waals surface area contributed by atoms with E-state index < -0.39 is 0 Å². The fraction of sp³-hybridized carbons (Fsp3) is 0.417. The van der Waals surface area contributed by atoms with E-state index in [0.29, 0.717) is 13.2 Å². The van der Waals surface area contributed by atoms with Gasteiger partial charge in [-0.2, -0.15) is 0 Å². The summed E-state index contributed by atoms with van der Waals surface area (Å²) >= 11 is 0. The zero-order valence-electron chi connectivity index (χ0n) is 10.1. The number of ether oxygens (including phenoxy) is 2. The summed E-state index contributed by atoms with van der Waals surface area (Å²) in [5.74, 6) is 1.75. The third-order valence-corrected chi connectivity index (χ3v) is 2.51. The number of hydrogen-bond acceptors (Lipinski definition) is 4. The van der Waals surface area contributed by atoms with Gasteiger partial charge >= 0.3 is 0 Å². The van der Waals surface area contributed by atoms with E-state index in [4.69, 9.17) is 9.47 Å². The van der Waals surface area contributed by atoms with E-state index in [2.05, 4.69) is 15.3 Å². The number of benzene rings is 1. The van der Waals surface area contributed by atoms with Crippen molar-refractivity contribution in [3.8, 4) is 5.75 Å². The lowest BCUT2D eigenvalue weighted by Crippen LogP contribution is -2.19. The van der Waals surface area contributed by atoms with Crippen LogP contribution in [0.25, 0.3) is 11.0 Å². The molecule has 1 aromatic heterocycles. The highest BCUT2D eigenvalue weighted by atomic mass is 16.5. The van der Waals surface area contributed by atoms with E-state index in [9.17, 15) is 0 Å². The molecule has 0 saturated carbocycles. The van der Waals surface area contributed by atoms with Crippen molar-refractivity contribution >= 4 is 11.0 Å². The van der Waals surface area contributed by atoms with Crippen LogP contribution in [-0.4, -0.2) is 37.3 Å². The van der Waals surface area contributed by atoms with Gasteiger partial charge in [-0.3, -0.25) is 0 Å². The molecule has 5 nitrogen and oxygen atoms in total. The molecule has 0 saturated heterocycles. The highest BCUT2D eigenvalue weighted by molar-refractivity contribution is 5.76. The quantitative estimate of drug-likeness (QED) is 0.741. The molecule has 2 aromatic rings. The minimum absolute atomic E-state index is 0.702. The Balaban J connectivity index is 2.04. The fourth-order valence-electron chi connectivity index (χ4n) is 1.63. The number of nitrogens with one attached hydrogen (secondary N) is 2. The Morgan fingerprint density at radius 2 is 2.24 bits per heavy atom. The van der Waals surface area contributed by atoms with Gasteiger partial charge in [-0.1, -0.05) is 0 Å². The molecule has 0 bridgehead atoms. The van der Waals surface area contributed by atoms with Crippen LogP contribution in [0.2, 0.25) is 0 Å². The second-order valence-electron chi connectivity index (χ2n) is 3.74. The molecule has 0 amide bonds. The summed E-state index contributed by atoms with van der Waals surface area (Å²) in [5.41, 5.74) is 1.95. The number of imidazole rings is 1. The number of rotatable bonds is 6. The molecule has 5 heteroatoms. The molecule has 1 aromatic carbocycles. The number of hydrogen-bond donors (Lipinski definition) is 2. The normalized spacial score (nSPS) is 10.9. The Morgan fingerprint density at radius 3 is 3.00 bits per heavy atom. The molecule has 0 aliphatic carbocycles. The van der Waals surface area contributed by atoms with Crippen molar-refractivity contribution in [2.45, 2.75) is 6.54 Å². The number of aromatic nitrogens is 2. The summed E-state index contributed by atoms with van der Waals surface area (Å²) in [6, 6.07) is 5.80. The van der Waals surface area contributed by atoms with Crippen molar-refractivity contribution in [3.05, 3.63) is 24.0 Å². The van der Waals surface area contributed by atoms with E-state index in [1.54, 1.807) is 14.2 Å². The first-order valence-corrected chi connectivity index (χ1v) is 5.56. The minimum atomic E-state index is 0.702. The van der Waals surface area contributed by atoms with Crippen LogP contribution in [0.3, 0.4) is 0 Å². The molecule has 1 heterocycles. The van der Waals surface area contributed by atoms with E-state index in [-0.39, 0.29) is 0 Å². The van der Waals surface area contributed by atoms with Gasteiger partial charge in [0.1, 0.15) is 11.6 Å². The number of fused-ring (bicyclic) bond motifs is 1. The Morgan fingerprint density at radius 1 is 1.35 bits per heavy atom. The molecule has 0 unspecified atom stereocenters. The topological polar surface area (TPSA) is 59.2 Å². The molecule has 2 N–H and O–H groups in total. The molecule has 0 atom stereocenters. The number of nitrogens with zero attached hydrogens (tertiary/aromatic N) is 1. The third-order valence-electron chi connectivity index (χ3n) is 2.51. The average Bonchev–Trinajstić information content (AvgIpc) is 2.76. The van der Waals surface area contributed by atoms with E-state index in [1.165, 1.54) is 0 Å². The number of H-pyrrole nitrogens is 1. The van der Waals surface area contributed by atoms with Crippen LogP contribution in [0.4, 0.5) is 0 Å². The highest BCUT2D eigenvalue weighted by Gasteiger charge is 2.03. The van der Waals surface area contributed by atoms with Gasteiger partial charge in [0.25, 0.3) is 0 Å². The maximum atomic E-state index is 5.16. The lowest BCUT2D eigenvalue weighted by Gasteiger charge is -2.00. The Hall–Kier alpha value is -1.59. The van der Waals surface area contributed by atoms with Crippen LogP contribution in [-0.2, 0) is 11.3 Å². The van der Waals surface area contributed by atoms with Crippen molar-refractivity contribution in [2.75, 3.05) is 27.4 Å². The Kier molecular flexibility index (Phi) is 3.95. The second-order valence-corrected chi connectivity index (χ2v) is 3.74. The van der Waals surface area contributed by atoms with Gasteiger partial charge in [-0.05, 0) is 12.1 Å². The van der Waals surface area contributed by atoms with Crippen molar-refractivity contribution < 1.29 is 9.47 Å². The summed E-state index contributed by atoms with van der Waals surface area (Å²) in [7, 11) is 3.35. The lowest BCUT2D eigenvalue weighted by molar-refractivity contribution is 0.199. The first-order valence-electron chi connectivity index (χ1n) is 5.56. The Labute approximate surface area is 100 Å². The van der Waals surface area contributed by atoms with E-state index in [0.717, 1.165) is 29.2 Å². The van der Waals surface area contributed by atoms with Crippen molar-refractivity contribution in [1.29, 1.82) is 0 Å². The molecule has 0 spiro atoms. The summed E-state index contributed by atoms with van der Waals surface area (Å²) in [6.07, 6.45) is 0. The summed E-state index contributed by atoms with van der Waals surface area (Å²) in [4.78, 5) is 7.72. The van der Waals surface area contributed by atoms with Gasteiger partial charge in [0, 0.05) is 19.7 Å². The molecular formula is C12H17N3O2. The van der Waals surface area contributed by atoms with Crippen LogP contribution in [0.1, 0.15) is 5.82 Å². The van der Waals surface area contributed by atoms with Crippen molar-refractivity contribution in [3.63, 3.8) is 0 Å². The van der Waals surface area contributed by atoms with E-state index in [1.807, 2.05) is 18.2 Å². The van der Waals surface area contributed by atoms with Gasteiger partial charge < -0.3 is 19.8 Å². The van der Waals surface area contributed by atoms with E-state index >= 15 is 0 Å². The molecule has 0 aliphatic rings. The van der Waals surface area contributed by atoms with Crippen molar-refractivity contribution in [2.24, 2.45) is 0 Å². The average molecular weight is 235 g/mol. The number of methoxy groups -OCH3 is 2. The number of aromatic amines is 1. The maximum absolute atomic E-state index is 5.16. The third kappa shape index (κ3) is 2.95. The van der Waals surface area contributed by atoms with Gasteiger partial charge in [-0.25, -0.2) is 4.98 Å². The summed E-state index contributed by atoms with van der Waals surface area (Å²) in [6.45, 7) is 2.23. The van der Waals surface area contributed by atoms with Crippen LogP contribution in [0.15, 0.2) is 18.2 Å². The molecule has 2 rings (SSSR count).